The van der Waals surface area contributed by atoms with Gasteiger partial charge in [-0.15, -0.1) is 6.42 Å². The van der Waals surface area contributed by atoms with Crippen LogP contribution in [-0.4, -0.2) is 94.4 Å². The third-order valence-electron chi connectivity index (χ3n) is 12.8. The highest BCUT2D eigenvalue weighted by Gasteiger charge is 2.51. The van der Waals surface area contributed by atoms with Gasteiger partial charge in [-0.05, 0) is 80.4 Å². The lowest BCUT2D eigenvalue weighted by molar-refractivity contribution is 0.162. The zero-order chi connectivity index (χ0) is 38.9. The standard InChI is InChI=1S/C37H37F2N7O4.C5H7N/c1-3-25-27(38)7-4-19-11-24(47)12-26(28(19)25)31-30(39)32-29(34(41-31)49-2)33(45-15-22-5-6-23(16-45)46(22)35(40)48)43-36(42-32)50-18-37(8-9-37)17-44-13-20-10-21(20)14-44;6-4-5-2-1-3-5/h1,4,7,11-12,20-23,47H,5-6,8-10,13-18H2,2H3,(H2,40,48);5H,1-3H2. The van der Waals surface area contributed by atoms with Crippen LogP contribution in [0.1, 0.15) is 56.9 Å². The van der Waals surface area contributed by atoms with Crippen LogP contribution in [0.3, 0.4) is 0 Å². The lowest BCUT2D eigenvalue weighted by Gasteiger charge is -2.41. The van der Waals surface area contributed by atoms with E-state index in [1.165, 1.54) is 44.2 Å². The van der Waals surface area contributed by atoms with E-state index in [-0.39, 0.29) is 68.2 Å². The SMILES string of the molecule is C#Cc1c(F)ccc2cc(O)cc(-c3nc(OC)c4c(N5CC6CCC(C5)N6C(N)=O)nc(OCC5(CN6CC7CC7C6)CC5)nc4c3F)c12.N#CC1CCC1. The predicted molar refractivity (Wildman–Crippen MR) is 205 cm³/mol. The summed E-state index contributed by atoms with van der Waals surface area (Å²) in [6, 6.07) is 6.89. The van der Waals surface area contributed by atoms with Gasteiger partial charge >= 0.3 is 12.0 Å². The maximum atomic E-state index is 17.1. The van der Waals surface area contributed by atoms with Crippen LogP contribution in [0.4, 0.5) is 19.4 Å². The molecule has 3 aliphatic carbocycles. The average Bonchev–Trinajstić information content (AvgIpc) is 4.05. The molecule has 12 nitrogen and oxygen atoms in total. The van der Waals surface area contributed by atoms with Crippen molar-refractivity contribution in [2.45, 2.75) is 63.5 Å². The van der Waals surface area contributed by atoms with Crippen LogP contribution < -0.4 is 20.1 Å². The van der Waals surface area contributed by atoms with Gasteiger partial charge in [0.05, 0.1) is 37.4 Å². The van der Waals surface area contributed by atoms with Gasteiger partial charge in [0.25, 0.3) is 0 Å². The number of carbonyl (C=O) groups is 1. The van der Waals surface area contributed by atoms with Gasteiger partial charge in [-0.1, -0.05) is 18.4 Å². The van der Waals surface area contributed by atoms with Crippen LogP contribution in [0.15, 0.2) is 24.3 Å². The van der Waals surface area contributed by atoms with E-state index in [1.54, 1.807) is 4.90 Å². The number of nitrogens with zero attached hydrogens (tertiary/aromatic N) is 7. The molecule has 6 aliphatic rings. The summed E-state index contributed by atoms with van der Waals surface area (Å²) in [5.74, 6) is 3.20. The Bertz CT molecular complexity index is 2310. The van der Waals surface area contributed by atoms with E-state index in [2.05, 4.69) is 26.9 Å². The number of likely N-dealkylation sites (tertiary alicyclic amines) is 1. The summed E-state index contributed by atoms with van der Waals surface area (Å²) in [7, 11) is 1.42. The minimum atomic E-state index is -0.829. The molecule has 10 rings (SSSR count). The molecule has 14 heteroatoms. The number of urea groups is 1. The van der Waals surface area contributed by atoms with E-state index in [4.69, 9.17) is 31.9 Å². The van der Waals surface area contributed by atoms with Crippen LogP contribution in [0, 0.1) is 58.5 Å². The number of primary amides is 1. The number of aromatic nitrogens is 3. The number of benzene rings is 2. The molecule has 4 unspecified atom stereocenters. The van der Waals surface area contributed by atoms with Crippen molar-refractivity contribution in [2.75, 3.05) is 51.3 Å². The Hall–Kier alpha value is -5.47. The molecule has 0 spiro atoms. The van der Waals surface area contributed by atoms with Crippen molar-refractivity contribution < 1.29 is 28.2 Å². The first kappa shape index (κ1) is 36.2. The fraction of sp³-hybridized carbons (Fsp3) is 0.500. The smallest absolute Gasteiger partial charge is 0.319 e. The third-order valence-corrected chi connectivity index (χ3v) is 12.8. The largest absolute Gasteiger partial charge is 0.508 e. The number of methoxy groups -OCH3 is 1. The summed E-state index contributed by atoms with van der Waals surface area (Å²) in [6.07, 6.45) is 14.3. The van der Waals surface area contributed by atoms with Crippen LogP contribution in [0.25, 0.3) is 32.9 Å². The van der Waals surface area contributed by atoms with Crippen LogP contribution >= 0.6 is 0 Å². The molecule has 290 valence electrons. The normalized spacial score (nSPS) is 24.4. The van der Waals surface area contributed by atoms with Gasteiger partial charge in [-0.25, -0.2) is 18.6 Å². The number of hydrogen-bond acceptors (Lipinski definition) is 10. The first-order valence-electron chi connectivity index (χ1n) is 19.5. The highest BCUT2D eigenvalue weighted by molar-refractivity contribution is 6.04. The molecule has 2 amide bonds. The number of piperazine rings is 1. The topological polar surface area (TPSA) is 154 Å². The molecule has 2 aromatic heterocycles. The highest BCUT2D eigenvalue weighted by atomic mass is 19.1. The Morgan fingerprint density at radius 2 is 1.79 bits per heavy atom. The second-order valence-corrected chi connectivity index (χ2v) is 16.5. The van der Waals surface area contributed by atoms with E-state index >= 15 is 4.39 Å². The molecule has 3 saturated carbocycles. The number of halogens is 2. The molecular weight excluding hydrogens is 719 g/mol. The first-order valence-corrected chi connectivity index (χ1v) is 19.5. The molecule has 6 fully saturated rings. The Balaban J connectivity index is 0.000000626. The maximum absolute atomic E-state index is 17.1. The second-order valence-electron chi connectivity index (χ2n) is 16.5. The van der Waals surface area contributed by atoms with Crippen LogP contribution in [0.5, 0.6) is 17.6 Å². The lowest BCUT2D eigenvalue weighted by atomic mass is 9.87. The number of ether oxygens (including phenoxy) is 2. The van der Waals surface area contributed by atoms with Crippen molar-refractivity contribution in [3.63, 3.8) is 0 Å². The number of rotatable bonds is 8. The lowest BCUT2D eigenvalue weighted by Crippen LogP contribution is -2.57. The fourth-order valence-electron chi connectivity index (χ4n) is 9.29. The van der Waals surface area contributed by atoms with Gasteiger partial charge in [0.2, 0.25) is 5.88 Å². The number of amides is 2. The van der Waals surface area contributed by atoms with Gasteiger partial charge in [-0.3, -0.25) is 0 Å². The molecule has 2 aromatic carbocycles. The van der Waals surface area contributed by atoms with E-state index in [0.717, 1.165) is 70.0 Å². The fourth-order valence-corrected chi connectivity index (χ4v) is 9.29. The van der Waals surface area contributed by atoms with Gasteiger partial charge < -0.3 is 35.0 Å². The quantitative estimate of drug-likeness (QED) is 0.205. The molecular formula is C42H44F2N8O4. The van der Waals surface area contributed by atoms with Crippen molar-refractivity contribution in [1.82, 2.24) is 24.8 Å². The summed E-state index contributed by atoms with van der Waals surface area (Å²) in [4.78, 5) is 32.7. The molecule has 5 heterocycles. The Labute approximate surface area is 323 Å². The zero-order valence-electron chi connectivity index (χ0n) is 31.3. The summed E-state index contributed by atoms with van der Waals surface area (Å²) < 4.78 is 44.3. The Morgan fingerprint density at radius 1 is 1.05 bits per heavy atom. The number of phenols is 1. The van der Waals surface area contributed by atoms with E-state index < -0.39 is 17.7 Å². The summed E-state index contributed by atoms with van der Waals surface area (Å²) >= 11 is 0. The number of carbonyl (C=O) groups excluding carboxylic acids is 1. The summed E-state index contributed by atoms with van der Waals surface area (Å²) in [5, 5.41) is 19.7. The predicted octanol–water partition coefficient (Wildman–Crippen LogP) is 5.97. The molecule has 2 bridgehead atoms. The number of phenolic OH excluding ortho intramolecular Hbond substituents is 1. The number of anilines is 1. The van der Waals surface area contributed by atoms with E-state index in [9.17, 15) is 14.3 Å². The van der Waals surface area contributed by atoms with Crippen molar-refractivity contribution in [1.29, 1.82) is 5.26 Å². The summed E-state index contributed by atoms with van der Waals surface area (Å²) in [6.45, 7) is 4.45. The molecule has 56 heavy (non-hydrogen) atoms. The highest BCUT2D eigenvalue weighted by Crippen LogP contribution is 2.51. The zero-order valence-corrected chi connectivity index (χ0v) is 31.3. The Morgan fingerprint density at radius 3 is 2.38 bits per heavy atom. The minimum absolute atomic E-state index is 0.00268. The number of fused-ring (bicyclic) bond motifs is 5. The maximum Gasteiger partial charge on any atom is 0.319 e. The number of aromatic hydroxyl groups is 1. The van der Waals surface area contributed by atoms with Crippen molar-refractivity contribution >= 4 is 33.5 Å². The molecule has 0 radical (unpaired) electrons. The van der Waals surface area contributed by atoms with Crippen LogP contribution in [-0.2, 0) is 0 Å². The number of piperidine rings is 1. The number of terminal acetylenes is 1. The molecule has 4 atom stereocenters. The summed E-state index contributed by atoms with van der Waals surface area (Å²) in [5.41, 5.74) is 5.42. The van der Waals surface area contributed by atoms with Gasteiger partial charge in [0.1, 0.15) is 34.0 Å². The molecule has 3 aliphatic heterocycles. The van der Waals surface area contributed by atoms with Gasteiger partial charge in [0, 0.05) is 55.0 Å². The first-order chi connectivity index (χ1) is 27.1. The van der Waals surface area contributed by atoms with Gasteiger partial charge in [0.15, 0.2) is 5.82 Å². The van der Waals surface area contributed by atoms with Gasteiger partial charge in [-0.2, -0.15) is 15.2 Å². The number of nitriles is 1. The van der Waals surface area contributed by atoms with E-state index in [0.29, 0.717) is 36.8 Å². The number of nitrogens with two attached hydrogens (primary N) is 1. The second kappa shape index (κ2) is 13.9. The molecule has 3 N–H and O–H groups in total. The molecule has 4 aromatic rings. The monoisotopic (exact) mass is 762 g/mol. The number of hydrogen-bond donors (Lipinski definition) is 2. The minimum Gasteiger partial charge on any atom is -0.508 e. The number of pyridine rings is 1. The van der Waals surface area contributed by atoms with Crippen molar-refractivity contribution in [2.24, 2.45) is 28.9 Å². The third kappa shape index (κ3) is 6.43. The molecule has 3 saturated heterocycles. The van der Waals surface area contributed by atoms with Crippen molar-refractivity contribution in [3.8, 4) is 47.3 Å². The van der Waals surface area contributed by atoms with E-state index in [1.807, 2.05) is 4.90 Å². The van der Waals surface area contributed by atoms with Crippen LogP contribution in [0.2, 0.25) is 0 Å². The van der Waals surface area contributed by atoms with Crippen molar-refractivity contribution in [3.05, 3.63) is 41.5 Å². The Kier molecular flexibility index (Phi) is 9.00. The average molecular weight is 763 g/mol.